The van der Waals surface area contributed by atoms with Crippen molar-refractivity contribution in [1.82, 2.24) is 0 Å². The summed E-state index contributed by atoms with van der Waals surface area (Å²) in [5.74, 6) is -0.979. The van der Waals surface area contributed by atoms with Crippen LogP contribution in [0.15, 0.2) is 91.0 Å². The maximum Gasteiger partial charge on any atom is 0.266 e. The second-order valence-electron chi connectivity index (χ2n) is 7.02. The van der Waals surface area contributed by atoms with E-state index >= 15 is 0 Å². The highest BCUT2D eigenvalue weighted by atomic mass is 16.2. The van der Waals surface area contributed by atoms with E-state index in [0.29, 0.717) is 22.4 Å². The molecule has 0 fully saturated rings. The van der Waals surface area contributed by atoms with Crippen LogP contribution in [0.4, 0.5) is 11.4 Å². The SMILES string of the molecule is O=C(Nc1cccc2ccccc12)c1ccc(N2C(=O)c3ccccc3C2=O)cc1. The average Bonchev–Trinajstić information content (AvgIpc) is 3.04. The zero-order valence-electron chi connectivity index (χ0n) is 15.8. The molecule has 0 bridgehead atoms. The molecule has 1 N–H and O–H groups in total. The van der Waals surface area contributed by atoms with E-state index in [-0.39, 0.29) is 17.7 Å². The zero-order chi connectivity index (χ0) is 20.7. The third-order valence-corrected chi connectivity index (χ3v) is 5.22. The van der Waals surface area contributed by atoms with Crippen molar-refractivity contribution >= 4 is 39.9 Å². The van der Waals surface area contributed by atoms with Crippen molar-refractivity contribution in [3.63, 3.8) is 0 Å². The molecule has 5 rings (SSSR count). The third-order valence-electron chi connectivity index (χ3n) is 5.22. The predicted octanol–water partition coefficient (Wildman–Crippen LogP) is 4.89. The van der Waals surface area contributed by atoms with Gasteiger partial charge in [0, 0.05) is 16.6 Å². The highest BCUT2D eigenvalue weighted by molar-refractivity contribution is 6.34. The minimum absolute atomic E-state index is 0.264. The topological polar surface area (TPSA) is 66.5 Å². The smallest absolute Gasteiger partial charge is 0.266 e. The molecule has 5 nitrogen and oxygen atoms in total. The van der Waals surface area contributed by atoms with Crippen LogP contribution in [0, 0.1) is 0 Å². The summed E-state index contributed by atoms with van der Waals surface area (Å²) in [7, 11) is 0. The Balaban J connectivity index is 1.40. The Labute approximate surface area is 172 Å². The normalized spacial score (nSPS) is 12.9. The number of carbonyl (C=O) groups excluding carboxylic acids is 3. The van der Waals surface area contributed by atoms with Crippen molar-refractivity contribution in [3.8, 4) is 0 Å². The lowest BCUT2D eigenvalue weighted by atomic mass is 10.1. The minimum atomic E-state index is -0.358. The van der Waals surface area contributed by atoms with Crippen LogP contribution in [0.2, 0.25) is 0 Å². The number of hydrogen-bond acceptors (Lipinski definition) is 3. The Bertz CT molecular complexity index is 1290. The number of carbonyl (C=O) groups is 3. The number of rotatable bonds is 3. The third kappa shape index (κ3) is 2.84. The molecule has 0 saturated carbocycles. The van der Waals surface area contributed by atoms with Crippen LogP contribution in [-0.4, -0.2) is 17.7 Å². The van der Waals surface area contributed by atoms with Crippen LogP contribution in [0.5, 0.6) is 0 Å². The lowest BCUT2D eigenvalue weighted by Crippen LogP contribution is -2.29. The Morgan fingerprint density at radius 3 is 1.97 bits per heavy atom. The van der Waals surface area contributed by atoms with Gasteiger partial charge in [0.05, 0.1) is 16.8 Å². The average molecular weight is 392 g/mol. The van der Waals surface area contributed by atoms with Gasteiger partial charge < -0.3 is 5.32 Å². The van der Waals surface area contributed by atoms with Crippen molar-refractivity contribution in [2.45, 2.75) is 0 Å². The van der Waals surface area contributed by atoms with Crippen molar-refractivity contribution in [2.75, 3.05) is 10.2 Å². The molecule has 0 atom stereocenters. The van der Waals surface area contributed by atoms with Crippen LogP contribution >= 0.6 is 0 Å². The molecule has 0 aliphatic carbocycles. The van der Waals surface area contributed by atoms with E-state index in [2.05, 4.69) is 5.32 Å². The van der Waals surface area contributed by atoms with Crippen LogP contribution in [0.3, 0.4) is 0 Å². The fraction of sp³-hybridized carbons (Fsp3) is 0. The summed E-state index contributed by atoms with van der Waals surface area (Å²) in [6, 6.07) is 26.7. The number of nitrogens with one attached hydrogen (secondary N) is 1. The maximum atomic E-state index is 12.7. The van der Waals surface area contributed by atoms with Gasteiger partial charge in [-0.15, -0.1) is 0 Å². The molecule has 0 aromatic heterocycles. The van der Waals surface area contributed by atoms with E-state index in [0.717, 1.165) is 21.4 Å². The standard InChI is InChI=1S/C25H16N2O3/c28-23(26-22-11-5-7-16-6-1-2-8-19(16)22)17-12-14-18(15-13-17)27-24(29)20-9-3-4-10-21(20)25(27)30/h1-15H,(H,26,28). The Morgan fingerprint density at radius 2 is 1.27 bits per heavy atom. The molecular formula is C25H16N2O3. The highest BCUT2D eigenvalue weighted by Crippen LogP contribution is 2.29. The van der Waals surface area contributed by atoms with Crippen molar-refractivity contribution in [1.29, 1.82) is 0 Å². The molecule has 0 unspecified atom stereocenters. The second-order valence-corrected chi connectivity index (χ2v) is 7.02. The van der Waals surface area contributed by atoms with E-state index in [9.17, 15) is 14.4 Å². The lowest BCUT2D eigenvalue weighted by molar-refractivity contribution is 0.0925. The molecule has 0 spiro atoms. The Kier molecular flexibility index (Phi) is 4.14. The number of anilines is 2. The van der Waals surface area contributed by atoms with Gasteiger partial charge in [-0.25, -0.2) is 4.90 Å². The quantitative estimate of drug-likeness (QED) is 0.505. The molecule has 1 aliphatic heterocycles. The van der Waals surface area contributed by atoms with Gasteiger partial charge in [0.1, 0.15) is 0 Å². The summed E-state index contributed by atoms with van der Waals surface area (Å²) in [5, 5.41) is 4.93. The molecule has 1 heterocycles. The van der Waals surface area contributed by atoms with Gasteiger partial charge in [-0.2, -0.15) is 0 Å². The summed E-state index contributed by atoms with van der Waals surface area (Å²) in [6.07, 6.45) is 0. The maximum absolute atomic E-state index is 12.7. The molecule has 4 aromatic rings. The van der Waals surface area contributed by atoms with Gasteiger partial charge in [-0.05, 0) is 47.9 Å². The van der Waals surface area contributed by atoms with Crippen molar-refractivity contribution in [3.05, 3.63) is 108 Å². The molecule has 30 heavy (non-hydrogen) atoms. The van der Waals surface area contributed by atoms with E-state index in [4.69, 9.17) is 0 Å². The second kappa shape index (κ2) is 6.97. The number of benzene rings is 4. The van der Waals surface area contributed by atoms with Crippen molar-refractivity contribution in [2.24, 2.45) is 0 Å². The van der Waals surface area contributed by atoms with Gasteiger partial charge in [0.25, 0.3) is 17.7 Å². The monoisotopic (exact) mass is 392 g/mol. The minimum Gasteiger partial charge on any atom is -0.321 e. The van der Waals surface area contributed by atoms with Gasteiger partial charge in [-0.1, -0.05) is 48.5 Å². The summed E-state index contributed by atoms with van der Waals surface area (Å²) >= 11 is 0. The van der Waals surface area contributed by atoms with Gasteiger partial charge in [0.15, 0.2) is 0 Å². The molecule has 5 heteroatoms. The Morgan fingerprint density at radius 1 is 0.667 bits per heavy atom. The first-order valence-corrected chi connectivity index (χ1v) is 9.50. The van der Waals surface area contributed by atoms with E-state index < -0.39 is 0 Å². The van der Waals surface area contributed by atoms with Crippen LogP contribution in [-0.2, 0) is 0 Å². The molecule has 144 valence electrons. The van der Waals surface area contributed by atoms with Crippen LogP contribution in [0.1, 0.15) is 31.1 Å². The zero-order valence-corrected chi connectivity index (χ0v) is 15.8. The van der Waals surface area contributed by atoms with Crippen molar-refractivity contribution < 1.29 is 14.4 Å². The van der Waals surface area contributed by atoms with E-state index in [1.165, 1.54) is 0 Å². The summed E-state index contributed by atoms with van der Waals surface area (Å²) in [6.45, 7) is 0. The van der Waals surface area contributed by atoms with E-state index in [1.807, 2.05) is 42.5 Å². The molecular weight excluding hydrogens is 376 g/mol. The molecule has 0 radical (unpaired) electrons. The molecule has 1 aliphatic rings. The summed E-state index contributed by atoms with van der Waals surface area (Å²) in [5.41, 5.74) is 2.37. The van der Waals surface area contributed by atoms with Crippen LogP contribution in [0.25, 0.3) is 10.8 Å². The van der Waals surface area contributed by atoms with Crippen LogP contribution < -0.4 is 10.2 Å². The first-order chi connectivity index (χ1) is 14.6. The first kappa shape index (κ1) is 17.8. The summed E-state index contributed by atoms with van der Waals surface area (Å²) in [4.78, 5) is 39.1. The largest absolute Gasteiger partial charge is 0.321 e. The number of amides is 3. The molecule has 4 aromatic carbocycles. The number of nitrogens with zero attached hydrogens (tertiary/aromatic N) is 1. The number of fused-ring (bicyclic) bond motifs is 2. The molecule has 3 amide bonds. The molecule has 0 saturated heterocycles. The number of imide groups is 1. The fourth-order valence-electron chi connectivity index (χ4n) is 3.71. The first-order valence-electron chi connectivity index (χ1n) is 9.50. The summed E-state index contributed by atoms with van der Waals surface area (Å²) < 4.78 is 0. The van der Waals surface area contributed by atoms with Gasteiger partial charge in [-0.3, -0.25) is 14.4 Å². The van der Waals surface area contributed by atoms with Gasteiger partial charge >= 0.3 is 0 Å². The fourth-order valence-corrected chi connectivity index (χ4v) is 3.71. The Hall–Kier alpha value is -4.25. The predicted molar refractivity (Wildman–Crippen MR) is 116 cm³/mol. The highest BCUT2D eigenvalue weighted by Gasteiger charge is 2.36. The number of hydrogen-bond donors (Lipinski definition) is 1. The van der Waals surface area contributed by atoms with E-state index in [1.54, 1.807) is 48.5 Å². The van der Waals surface area contributed by atoms with Gasteiger partial charge in [0.2, 0.25) is 0 Å². The lowest BCUT2D eigenvalue weighted by Gasteiger charge is -2.14.